The highest BCUT2D eigenvalue weighted by atomic mass is 15.3. The monoisotopic (exact) mass is 275 g/mol. The van der Waals surface area contributed by atoms with E-state index in [1.807, 2.05) is 70.0 Å². The minimum absolute atomic E-state index is 0.623. The maximum Gasteiger partial charge on any atom is 0.139 e. The standard InChI is InChI=1S/C16H13N5/c17-16-15(19-14-8-4-5-9-20(14)16)12-10-18-21(11-12)13-6-2-1-3-7-13/h1-11H,17H2. The third-order valence-electron chi connectivity index (χ3n) is 3.44. The Balaban J connectivity index is 1.83. The van der Waals surface area contributed by atoms with Gasteiger partial charge in [-0.3, -0.25) is 4.40 Å². The number of nitrogens with zero attached hydrogens (tertiary/aromatic N) is 4. The number of rotatable bonds is 2. The fraction of sp³-hybridized carbons (Fsp3) is 0. The molecule has 5 nitrogen and oxygen atoms in total. The molecule has 4 rings (SSSR count). The molecule has 0 aliphatic heterocycles. The molecule has 0 aliphatic carbocycles. The first-order chi connectivity index (χ1) is 10.3. The van der Waals surface area contributed by atoms with Crippen LogP contribution in [0.4, 0.5) is 5.82 Å². The summed E-state index contributed by atoms with van der Waals surface area (Å²) in [5, 5.41) is 4.39. The summed E-state index contributed by atoms with van der Waals surface area (Å²) >= 11 is 0. The Morgan fingerprint density at radius 3 is 2.57 bits per heavy atom. The molecule has 0 unspecified atom stereocenters. The van der Waals surface area contributed by atoms with Crippen LogP contribution in [0.2, 0.25) is 0 Å². The summed E-state index contributed by atoms with van der Waals surface area (Å²) in [5.41, 5.74) is 9.67. The van der Waals surface area contributed by atoms with Crippen molar-refractivity contribution in [3.05, 3.63) is 67.1 Å². The van der Waals surface area contributed by atoms with Gasteiger partial charge >= 0.3 is 0 Å². The van der Waals surface area contributed by atoms with Crippen molar-refractivity contribution in [3.63, 3.8) is 0 Å². The van der Waals surface area contributed by atoms with Gasteiger partial charge < -0.3 is 5.73 Å². The minimum atomic E-state index is 0.623. The highest BCUT2D eigenvalue weighted by Crippen LogP contribution is 2.26. The van der Waals surface area contributed by atoms with Gasteiger partial charge in [0.25, 0.3) is 0 Å². The molecule has 2 N–H and O–H groups in total. The lowest BCUT2D eigenvalue weighted by molar-refractivity contribution is 0.881. The van der Waals surface area contributed by atoms with Gasteiger partial charge in [0.05, 0.1) is 11.9 Å². The first-order valence-corrected chi connectivity index (χ1v) is 6.66. The van der Waals surface area contributed by atoms with Crippen molar-refractivity contribution in [3.8, 4) is 16.9 Å². The molecule has 0 fully saturated rings. The Labute approximate surface area is 121 Å². The summed E-state index contributed by atoms with van der Waals surface area (Å²) in [7, 11) is 0. The molecule has 0 bridgehead atoms. The van der Waals surface area contributed by atoms with Crippen molar-refractivity contribution in [2.75, 3.05) is 5.73 Å². The number of pyridine rings is 1. The van der Waals surface area contributed by atoms with E-state index in [1.54, 1.807) is 6.20 Å². The maximum absolute atomic E-state index is 6.18. The van der Waals surface area contributed by atoms with Gasteiger partial charge in [0, 0.05) is 18.0 Å². The van der Waals surface area contributed by atoms with Crippen LogP contribution in [0.5, 0.6) is 0 Å². The Kier molecular flexibility index (Phi) is 2.50. The third kappa shape index (κ3) is 1.87. The summed E-state index contributed by atoms with van der Waals surface area (Å²) < 4.78 is 3.69. The fourth-order valence-corrected chi connectivity index (χ4v) is 2.39. The second kappa shape index (κ2) is 4.49. The Hall–Kier alpha value is -3.08. The minimum Gasteiger partial charge on any atom is -0.383 e. The van der Waals surface area contributed by atoms with Crippen LogP contribution in [-0.2, 0) is 0 Å². The molecular weight excluding hydrogens is 262 g/mol. The van der Waals surface area contributed by atoms with Gasteiger partial charge in [-0.1, -0.05) is 24.3 Å². The number of benzene rings is 1. The van der Waals surface area contributed by atoms with E-state index in [0.29, 0.717) is 5.82 Å². The van der Waals surface area contributed by atoms with Crippen LogP contribution in [0.25, 0.3) is 22.6 Å². The first-order valence-electron chi connectivity index (χ1n) is 6.66. The summed E-state index contributed by atoms with van der Waals surface area (Å²) in [6.45, 7) is 0. The molecule has 21 heavy (non-hydrogen) atoms. The fourth-order valence-electron chi connectivity index (χ4n) is 2.39. The van der Waals surface area contributed by atoms with Crippen LogP contribution in [0, 0.1) is 0 Å². The summed E-state index contributed by atoms with van der Waals surface area (Å²) in [6, 6.07) is 15.8. The lowest BCUT2D eigenvalue weighted by atomic mass is 10.2. The Bertz CT molecular complexity index is 905. The van der Waals surface area contributed by atoms with Gasteiger partial charge in [-0.05, 0) is 24.3 Å². The quantitative estimate of drug-likeness (QED) is 0.612. The molecular formula is C16H13N5. The summed E-state index contributed by atoms with van der Waals surface area (Å²) in [4.78, 5) is 4.57. The lowest BCUT2D eigenvalue weighted by Crippen LogP contribution is -1.93. The highest BCUT2D eigenvalue weighted by Gasteiger charge is 2.12. The van der Waals surface area contributed by atoms with E-state index in [0.717, 1.165) is 22.6 Å². The molecule has 4 aromatic rings. The summed E-state index contributed by atoms with van der Waals surface area (Å²) in [5.74, 6) is 0.623. The molecule has 0 radical (unpaired) electrons. The van der Waals surface area contributed by atoms with Crippen LogP contribution in [-0.4, -0.2) is 19.2 Å². The van der Waals surface area contributed by atoms with Crippen molar-refractivity contribution in [1.82, 2.24) is 19.2 Å². The molecule has 1 aromatic carbocycles. The lowest BCUT2D eigenvalue weighted by Gasteiger charge is -1.99. The van der Waals surface area contributed by atoms with Gasteiger partial charge in [-0.25, -0.2) is 9.67 Å². The predicted molar refractivity (Wildman–Crippen MR) is 82.2 cm³/mol. The molecule has 5 heteroatoms. The van der Waals surface area contributed by atoms with E-state index >= 15 is 0 Å². The molecule has 0 aliphatic rings. The summed E-state index contributed by atoms with van der Waals surface area (Å²) in [6.07, 6.45) is 5.63. The largest absolute Gasteiger partial charge is 0.383 e. The van der Waals surface area contributed by atoms with Crippen molar-refractivity contribution >= 4 is 11.5 Å². The topological polar surface area (TPSA) is 61.1 Å². The highest BCUT2D eigenvalue weighted by molar-refractivity contribution is 5.74. The number of nitrogen functional groups attached to an aromatic ring is 1. The molecule has 0 saturated carbocycles. The van der Waals surface area contributed by atoms with Gasteiger partial charge in [-0.2, -0.15) is 5.10 Å². The van der Waals surface area contributed by atoms with E-state index in [-0.39, 0.29) is 0 Å². The van der Waals surface area contributed by atoms with E-state index in [9.17, 15) is 0 Å². The number of anilines is 1. The van der Waals surface area contributed by atoms with E-state index in [1.165, 1.54) is 0 Å². The SMILES string of the molecule is Nc1c(-c2cnn(-c3ccccc3)c2)nc2ccccn12. The zero-order valence-electron chi connectivity index (χ0n) is 11.2. The van der Waals surface area contributed by atoms with E-state index in [2.05, 4.69) is 10.1 Å². The number of aromatic nitrogens is 4. The van der Waals surface area contributed by atoms with E-state index < -0.39 is 0 Å². The molecule has 3 aromatic heterocycles. The second-order valence-electron chi connectivity index (χ2n) is 4.78. The number of imidazole rings is 1. The van der Waals surface area contributed by atoms with Crippen LogP contribution in [0.3, 0.4) is 0 Å². The average Bonchev–Trinajstić information content (AvgIpc) is 3.14. The predicted octanol–water partition coefficient (Wildman–Crippen LogP) is 2.77. The third-order valence-corrected chi connectivity index (χ3v) is 3.44. The number of hydrogen-bond acceptors (Lipinski definition) is 3. The smallest absolute Gasteiger partial charge is 0.139 e. The average molecular weight is 275 g/mol. The Morgan fingerprint density at radius 1 is 0.952 bits per heavy atom. The molecule has 3 heterocycles. The Morgan fingerprint density at radius 2 is 1.76 bits per heavy atom. The van der Waals surface area contributed by atoms with E-state index in [4.69, 9.17) is 5.73 Å². The van der Waals surface area contributed by atoms with Crippen molar-refractivity contribution in [2.24, 2.45) is 0 Å². The van der Waals surface area contributed by atoms with Gasteiger partial charge in [0.1, 0.15) is 17.2 Å². The number of para-hydroxylation sites is 1. The zero-order valence-corrected chi connectivity index (χ0v) is 11.2. The number of nitrogens with two attached hydrogens (primary N) is 1. The zero-order chi connectivity index (χ0) is 14.2. The van der Waals surface area contributed by atoms with Crippen molar-refractivity contribution in [2.45, 2.75) is 0 Å². The second-order valence-corrected chi connectivity index (χ2v) is 4.78. The first kappa shape index (κ1) is 11.7. The number of hydrogen-bond donors (Lipinski definition) is 1. The van der Waals surface area contributed by atoms with Gasteiger partial charge in [0.2, 0.25) is 0 Å². The normalized spacial score (nSPS) is 11.0. The molecule has 0 atom stereocenters. The molecule has 0 spiro atoms. The molecule has 102 valence electrons. The van der Waals surface area contributed by atoms with Gasteiger partial charge in [0.15, 0.2) is 0 Å². The van der Waals surface area contributed by atoms with Crippen LogP contribution in [0.1, 0.15) is 0 Å². The van der Waals surface area contributed by atoms with Crippen molar-refractivity contribution in [1.29, 1.82) is 0 Å². The number of fused-ring (bicyclic) bond motifs is 1. The van der Waals surface area contributed by atoms with Crippen LogP contribution >= 0.6 is 0 Å². The van der Waals surface area contributed by atoms with Crippen LogP contribution in [0.15, 0.2) is 67.1 Å². The molecule has 0 saturated heterocycles. The van der Waals surface area contributed by atoms with Crippen LogP contribution < -0.4 is 5.73 Å². The van der Waals surface area contributed by atoms with Crippen molar-refractivity contribution < 1.29 is 0 Å². The molecule has 0 amide bonds. The van der Waals surface area contributed by atoms with Gasteiger partial charge in [-0.15, -0.1) is 0 Å². The maximum atomic E-state index is 6.18.